The van der Waals surface area contributed by atoms with Gasteiger partial charge in [-0.15, -0.1) is 0 Å². The van der Waals surface area contributed by atoms with Crippen LogP contribution in [0.15, 0.2) is 4.79 Å². The number of aryl methyl sites for hydroxylation is 1. The van der Waals surface area contributed by atoms with Crippen LogP contribution in [0, 0.1) is 0 Å². The molecular formula is C14H20N2OS. The zero-order chi connectivity index (χ0) is 12.4. The van der Waals surface area contributed by atoms with Gasteiger partial charge in [0.2, 0.25) is 0 Å². The normalized spacial score (nSPS) is 20.0. The number of thioether (sulfide) groups is 1. The maximum absolute atomic E-state index is 11.9. The summed E-state index contributed by atoms with van der Waals surface area (Å²) in [7, 11) is 0. The van der Waals surface area contributed by atoms with Crippen LogP contribution in [0.25, 0.3) is 0 Å². The van der Waals surface area contributed by atoms with E-state index < -0.39 is 0 Å². The molecule has 1 saturated carbocycles. The molecule has 1 aromatic rings. The number of rotatable bonds is 3. The van der Waals surface area contributed by atoms with Crippen molar-refractivity contribution in [1.82, 2.24) is 9.97 Å². The molecule has 0 radical (unpaired) electrons. The van der Waals surface area contributed by atoms with E-state index >= 15 is 0 Å². The molecule has 4 heteroatoms. The van der Waals surface area contributed by atoms with Crippen LogP contribution in [0.5, 0.6) is 0 Å². The maximum atomic E-state index is 11.9. The van der Waals surface area contributed by atoms with Crippen LogP contribution in [0.1, 0.15) is 55.6 Å². The van der Waals surface area contributed by atoms with Crippen LogP contribution >= 0.6 is 11.8 Å². The van der Waals surface area contributed by atoms with Crippen LogP contribution in [0.4, 0.5) is 0 Å². The number of aromatic nitrogens is 2. The smallest absolute Gasteiger partial charge is 0.254 e. The van der Waals surface area contributed by atoms with Crippen molar-refractivity contribution in [3.8, 4) is 0 Å². The first-order valence-electron chi connectivity index (χ1n) is 7.05. The largest absolute Gasteiger partial charge is 0.310 e. The molecule has 2 aliphatic carbocycles. The molecular weight excluding hydrogens is 244 g/mol. The fourth-order valence-corrected chi connectivity index (χ4v) is 4.19. The summed E-state index contributed by atoms with van der Waals surface area (Å²) in [5, 5.41) is 0.775. The molecule has 2 aliphatic rings. The Morgan fingerprint density at radius 2 is 2.00 bits per heavy atom. The number of hydrogen-bond donors (Lipinski definition) is 1. The second-order valence-corrected chi connectivity index (χ2v) is 6.65. The quantitative estimate of drug-likeness (QED) is 0.913. The predicted octanol–water partition coefficient (Wildman–Crippen LogP) is 2.82. The Hall–Kier alpha value is -0.770. The Labute approximate surface area is 112 Å². The standard InChI is InChI=1S/C14H20N2OS/c17-14-11-7-4-8-12(11)15-13(16-14)9-18-10-5-2-1-3-6-10/h10H,1-9H2,(H,15,16,17). The van der Waals surface area contributed by atoms with E-state index in [1.165, 1.54) is 32.1 Å². The van der Waals surface area contributed by atoms with Crippen molar-refractivity contribution in [2.75, 3.05) is 0 Å². The SMILES string of the molecule is O=c1[nH]c(CSC2CCCCC2)nc2c1CCC2. The number of nitrogens with zero attached hydrogens (tertiary/aromatic N) is 1. The van der Waals surface area contributed by atoms with E-state index in [2.05, 4.69) is 9.97 Å². The minimum absolute atomic E-state index is 0.108. The highest BCUT2D eigenvalue weighted by Gasteiger charge is 2.18. The summed E-state index contributed by atoms with van der Waals surface area (Å²) in [5.41, 5.74) is 2.09. The van der Waals surface area contributed by atoms with Gasteiger partial charge in [0, 0.05) is 10.8 Å². The Morgan fingerprint density at radius 1 is 1.17 bits per heavy atom. The molecule has 18 heavy (non-hydrogen) atoms. The Bertz CT molecular complexity index is 477. The maximum Gasteiger partial charge on any atom is 0.254 e. The molecule has 0 bridgehead atoms. The first-order valence-corrected chi connectivity index (χ1v) is 8.10. The molecule has 3 nitrogen and oxygen atoms in total. The number of nitrogens with one attached hydrogen (secondary N) is 1. The van der Waals surface area contributed by atoms with Gasteiger partial charge in [-0.05, 0) is 32.1 Å². The number of aromatic amines is 1. The van der Waals surface area contributed by atoms with Crippen molar-refractivity contribution in [3.05, 3.63) is 27.4 Å². The molecule has 1 heterocycles. The van der Waals surface area contributed by atoms with Gasteiger partial charge in [-0.25, -0.2) is 4.98 Å². The lowest BCUT2D eigenvalue weighted by molar-refractivity contribution is 0.516. The minimum Gasteiger partial charge on any atom is -0.310 e. The van der Waals surface area contributed by atoms with Gasteiger partial charge >= 0.3 is 0 Å². The summed E-state index contributed by atoms with van der Waals surface area (Å²) in [6.07, 6.45) is 9.78. The monoisotopic (exact) mass is 264 g/mol. The van der Waals surface area contributed by atoms with E-state index in [1.807, 2.05) is 11.8 Å². The van der Waals surface area contributed by atoms with Gasteiger partial charge in [-0.2, -0.15) is 11.8 Å². The Balaban J connectivity index is 1.66. The fraction of sp³-hybridized carbons (Fsp3) is 0.714. The third-order valence-corrected chi connectivity index (χ3v) is 5.38. The highest BCUT2D eigenvalue weighted by atomic mass is 32.2. The molecule has 0 atom stereocenters. The first kappa shape index (κ1) is 12.3. The van der Waals surface area contributed by atoms with Gasteiger partial charge in [-0.1, -0.05) is 19.3 Å². The van der Waals surface area contributed by atoms with Crippen molar-refractivity contribution in [2.45, 2.75) is 62.4 Å². The molecule has 0 aliphatic heterocycles. The van der Waals surface area contributed by atoms with Crippen molar-refractivity contribution in [1.29, 1.82) is 0 Å². The molecule has 0 unspecified atom stereocenters. The van der Waals surface area contributed by atoms with E-state index in [0.29, 0.717) is 0 Å². The lowest BCUT2D eigenvalue weighted by atomic mass is 10.0. The number of H-pyrrole nitrogens is 1. The van der Waals surface area contributed by atoms with Crippen molar-refractivity contribution in [2.24, 2.45) is 0 Å². The first-order chi connectivity index (χ1) is 8.83. The van der Waals surface area contributed by atoms with Crippen LogP contribution in [-0.4, -0.2) is 15.2 Å². The number of fused-ring (bicyclic) bond motifs is 1. The third kappa shape index (κ3) is 2.63. The highest BCUT2D eigenvalue weighted by Crippen LogP contribution is 2.29. The molecule has 0 aromatic carbocycles. The zero-order valence-corrected chi connectivity index (χ0v) is 11.5. The summed E-state index contributed by atoms with van der Waals surface area (Å²) in [5.74, 6) is 1.75. The van der Waals surface area contributed by atoms with Gasteiger partial charge in [0.15, 0.2) is 0 Å². The second kappa shape index (κ2) is 5.47. The fourth-order valence-electron chi connectivity index (χ4n) is 2.99. The van der Waals surface area contributed by atoms with Gasteiger partial charge in [0.1, 0.15) is 5.82 Å². The zero-order valence-electron chi connectivity index (χ0n) is 10.7. The van der Waals surface area contributed by atoms with Crippen LogP contribution in [-0.2, 0) is 18.6 Å². The van der Waals surface area contributed by atoms with E-state index in [0.717, 1.165) is 47.3 Å². The Kier molecular flexibility index (Phi) is 3.73. The Morgan fingerprint density at radius 3 is 2.83 bits per heavy atom. The lowest BCUT2D eigenvalue weighted by Gasteiger charge is -2.20. The highest BCUT2D eigenvalue weighted by molar-refractivity contribution is 7.99. The van der Waals surface area contributed by atoms with E-state index in [9.17, 15) is 4.79 Å². The molecule has 0 saturated heterocycles. The minimum atomic E-state index is 0.108. The van der Waals surface area contributed by atoms with E-state index in [-0.39, 0.29) is 5.56 Å². The van der Waals surface area contributed by atoms with Gasteiger partial charge in [-0.3, -0.25) is 4.79 Å². The summed E-state index contributed by atoms with van der Waals surface area (Å²) in [6.45, 7) is 0. The van der Waals surface area contributed by atoms with Crippen LogP contribution < -0.4 is 5.56 Å². The molecule has 1 N–H and O–H groups in total. The molecule has 0 amide bonds. The molecule has 1 aromatic heterocycles. The van der Waals surface area contributed by atoms with Crippen LogP contribution in [0.3, 0.4) is 0 Å². The van der Waals surface area contributed by atoms with E-state index in [1.54, 1.807) is 0 Å². The topological polar surface area (TPSA) is 45.8 Å². The summed E-state index contributed by atoms with van der Waals surface area (Å²) in [4.78, 5) is 19.5. The summed E-state index contributed by atoms with van der Waals surface area (Å²) >= 11 is 1.97. The van der Waals surface area contributed by atoms with Crippen molar-refractivity contribution in [3.63, 3.8) is 0 Å². The summed E-state index contributed by atoms with van der Waals surface area (Å²) in [6, 6.07) is 0. The van der Waals surface area contributed by atoms with Gasteiger partial charge < -0.3 is 4.98 Å². The predicted molar refractivity (Wildman–Crippen MR) is 75.1 cm³/mol. The molecule has 3 rings (SSSR count). The van der Waals surface area contributed by atoms with Crippen molar-refractivity contribution < 1.29 is 0 Å². The van der Waals surface area contributed by atoms with Gasteiger partial charge in [0.05, 0.1) is 11.4 Å². The number of hydrogen-bond acceptors (Lipinski definition) is 3. The lowest BCUT2D eigenvalue weighted by Crippen LogP contribution is -2.17. The molecule has 0 spiro atoms. The average molecular weight is 264 g/mol. The third-order valence-electron chi connectivity index (χ3n) is 4.00. The van der Waals surface area contributed by atoms with Crippen LogP contribution in [0.2, 0.25) is 0 Å². The second-order valence-electron chi connectivity index (χ2n) is 5.36. The average Bonchev–Trinajstić information content (AvgIpc) is 2.86. The molecule has 1 fully saturated rings. The van der Waals surface area contributed by atoms with E-state index in [4.69, 9.17) is 0 Å². The molecule has 98 valence electrons. The summed E-state index contributed by atoms with van der Waals surface area (Å²) < 4.78 is 0. The van der Waals surface area contributed by atoms with Gasteiger partial charge in [0.25, 0.3) is 5.56 Å². The van der Waals surface area contributed by atoms with Crippen molar-refractivity contribution >= 4 is 11.8 Å².